The number of carbonyl (C=O) groups excluding carboxylic acids is 3. The summed E-state index contributed by atoms with van der Waals surface area (Å²) in [6.45, 7) is 1.67. The molecule has 0 unspecified atom stereocenters. The minimum Gasteiger partial charge on any atom is -0.367 e. The predicted octanol–water partition coefficient (Wildman–Crippen LogP) is 2.05. The maximum Gasteiger partial charge on any atom is 0.234 e. The van der Waals surface area contributed by atoms with Gasteiger partial charge in [0.25, 0.3) is 0 Å². The number of amides is 3. The fourth-order valence-electron chi connectivity index (χ4n) is 4.67. The van der Waals surface area contributed by atoms with Crippen molar-refractivity contribution < 1.29 is 14.4 Å². The van der Waals surface area contributed by atoms with Gasteiger partial charge in [0, 0.05) is 18.3 Å². The van der Waals surface area contributed by atoms with Crippen LogP contribution in [0.1, 0.15) is 26.2 Å². The van der Waals surface area contributed by atoms with E-state index in [9.17, 15) is 14.4 Å². The SMILES string of the molecule is CC(=O)Nc1ccc(NCN2C(=O)[C@@H]3[C@H]4CC[C@H](C4)[C@@H]3C2=O)cc1. The van der Waals surface area contributed by atoms with Crippen LogP contribution in [-0.4, -0.2) is 29.3 Å². The van der Waals surface area contributed by atoms with Gasteiger partial charge in [0.1, 0.15) is 0 Å². The molecule has 0 aromatic heterocycles. The first kappa shape index (κ1) is 15.2. The number of nitrogens with zero attached hydrogens (tertiary/aromatic N) is 1. The average Bonchev–Trinajstić information content (AvgIpc) is 3.22. The zero-order valence-corrected chi connectivity index (χ0v) is 13.6. The summed E-state index contributed by atoms with van der Waals surface area (Å²) in [5.41, 5.74) is 1.53. The van der Waals surface area contributed by atoms with E-state index in [2.05, 4.69) is 10.6 Å². The lowest BCUT2D eigenvalue weighted by molar-refractivity contribution is -0.140. The normalized spacial score (nSPS) is 30.6. The Morgan fingerprint density at radius 1 is 1.04 bits per heavy atom. The van der Waals surface area contributed by atoms with E-state index in [4.69, 9.17) is 0 Å². The molecular formula is C18H21N3O3. The topological polar surface area (TPSA) is 78.5 Å². The minimum absolute atomic E-state index is 0.000401. The number of fused-ring (bicyclic) bond motifs is 5. The van der Waals surface area contributed by atoms with E-state index in [0.717, 1.165) is 24.9 Å². The number of rotatable bonds is 4. The molecule has 4 rings (SSSR count). The largest absolute Gasteiger partial charge is 0.367 e. The zero-order valence-electron chi connectivity index (χ0n) is 13.6. The van der Waals surface area contributed by atoms with Gasteiger partial charge < -0.3 is 10.6 Å². The molecule has 1 heterocycles. The Kier molecular flexibility index (Phi) is 3.55. The van der Waals surface area contributed by atoms with Gasteiger partial charge in [-0.15, -0.1) is 0 Å². The molecule has 24 heavy (non-hydrogen) atoms. The molecule has 6 nitrogen and oxygen atoms in total. The van der Waals surface area contributed by atoms with Crippen LogP contribution >= 0.6 is 0 Å². The first-order valence-corrected chi connectivity index (χ1v) is 8.51. The average molecular weight is 327 g/mol. The van der Waals surface area contributed by atoms with Crippen LogP contribution in [0.15, 0.2) is 24.3 Å². The Balaban J connectivity index is 1.40. The van der Waals surface area contributed by atoms with Crippen molar-refractivity contribution in [2.24, 2.45) is 23.7 Å². The monoisotopic (exact) mass is 327 g/mol. The third-order valence-electron chi connectivity index (χ3n) is 5.67. The minimum atomic E-state index is -0.120. The summed E-state index contributed by atoms with van der Waals surface area (Å²) in [7, 11) is 0. The molecule has 2 aliphatic carbocycles. The number of likely N-dealkylation sites (tertiary alicyclic amines) is 1. The van der Waals surface area contributed by atoms with E-state index >= 15 is 0 Å². The van der Waals surface area contributed by atoms with Crippen LogP contribution in [0.4, 0.5) is 11.4 Å². The molecule has 0 spiro atoms. The van der Waals surface area contributed by atoms with Crippen molar-refractivity contribution in [1.29, 1.82) is 0 Å². The summed E-state index contributed by atoms with van der Waals surface area (Å²) in [6, 6.07) is 7.21. The number of anilines is 2. The van der Waals surface area contributed by atoms with Gasteiger partial charge >= 0.3 is 0 Å². The Hall–Kier alpha value is -2.37. The van der Waals surface area contributed by atoms with E-state index in [1.165, 1.54) is 11.8 Å². The van der Waals surface area contributed by atoms with Gasteiger partial charge in [-0.2, -0.15) is 0 Å². The molecular weight excluding hydrogens is 306 g/mol. The lowest BCUT2D eigenvalue weighted by Gasteiger charge is -2.19. The van der Waals surface area contributed by atoms with E-state index in [0.29, 0.717) is 17.5 Å². The Morgan fingerprint density at radius 2 is 1.58 bits per heavy atom. The second kappa shape index (κ2) is 5.61. The molecule has 6 heteroatoms. The smallest absolute Gasteiger partial charge is 0.234 e. The molecule has 2 N–H and O–H groups in total. The fourth-order valence-corrected chi connectivity index (χ4v) is 4.67. The van der Waals surface area contributed by atoms with Gasteiger partial charge in [-0.3, -0.25) is 19.3 Å². The first-order valence-electron chi connectivity index (χ1n) is 8.51. The number of hydrogen-bond donors (Lipinski definition) is 2. The molecule has 3 amide bonds. The van der Waals surface area contributed by atoms with Gasteiger partial charge in [-0.1, -0.05) is 0 Å². The quantitative estimate of drug-likeness (QED) is 0.830. The van der Waals surface area contributed by atoms with Crippen LogP contribution < -0.4 is 10.6 Å². The highest BCUT2D eigenvalue weighted by molar-refractivity contribution is 6.06. The van der Waals surface area contributed by atoms with Gasteiger partial charge in [0.15, 0.2) is 0 Å². The number of imide groups is 1. The maximum absolute atomic E-state index is 12.6. The summed E-state index contributed by atoms with van der Waals surface area (Å²) in [5.74, 6) is 0.571. The standard InChI is InChI=1S/C18H21N3O3/c1-10(22)20-14-6-4-13(5-7-14)19-9-21-17(23)15-11-2-3-12(8-11)16(15)18(21)24/h4-7,11-12,15-16,19H,2-3,8-9H2,1H3,(H,20,22)/t11-,12+,15+,16-. The molecule has 1 aromatic carbocycles. The number of carbonyl (C=O) groups is 3. The van der Waals surface area contributed by atoms with Crippen LogP contribution in [0, 0.1) is 23.7 Å². The summed E-state index contributed by atoms with van der Waals surface area (Å²) in [5, 5.41) is 5.84. The molecule has 0 radical (unpaired) electrons. The number of benzene rings is 1. The third kappa shape index (κ3) is 2.37. The van der Waals surface area contributed by atoms with Gasteiger partial charge in [0.05, 0.1) is 18.5 Å². The molecule has 126 valence electrons. The molecule has 1 aromatic rings. The predicted molar refractivity (Wildman–Crippen MR) is 88.9 cm³/mol. The van der Waals surface area contributed by atoms with E-state index in [1.54, 1.807) is 12.1 Å². The van der Waals surface area contributed by atoms with Crippen LogP contribution in [0.25, 0.3) is 0 Å². The van der Waals surface area contributed by atoms with Gasteiger partial charge in [0.2, 0.25) is 17.7 Å². The van der Waals surface area contributed by atoms with Crippen molar-refractivity contribution in [1.82, 2.24) is 4.90 Å². The van der Waals surface area contributed by atoms with Crippen molar-refractivity contribution in [3.05, 3.63) is 24.3 Å². The third-order valence-corrected chi connectivity index (χ3v) is 5.67. The van der Waals surface area contributed by atoms with Crippen molar-refractivity contribution in [3.63, 3.8) is 0 Å². The summed E-state index contributed by atoms with van der Waals surface area (Å²) < 4.78 is 0. The van der Waals surface area contributed by atoms with Crippen LogP contribution in [0.5, 0.6) is 0 Å². The van der Waals surface area contributed by atoms with Crippen LogP contribution in [0.2, 0.25) is 0 Å². The number of nitrogens with one attached hydrogen (secondary N) is 2. The highest BCUT2D eigenvalue weighted by Crippen LogP contribution is 2.55. The van der Waals surface area contributed by atoms with Crippen molar-refractivity contribution >= 4 is 29.1 Å². The van der Waals surface area contributed by atoms with Crippen molar-refractivity contribution in [2.45, 2.75) is 26.2 Å². The summed E-state index contributed by atoms with van der Waals surface area (Å²) >= 11 is 0. The molecule has 4 atom stereocenters. The Morgan fingerprint density at radius 3 is 2.12 bits per heavy atom. The van der Waals surface area contributed by atoms with Crippen LogP contribution in [0.3, 0.4) is 0 Å². The molecule has 1 aliphatic heterocycles. The lowest BCUT2D eigenvalue weighted by atomic mass is 9.81. The lowest BCUT2D eigenvalue weighted by Crippen LogP contribution is -2.36. The number of hydrogen-bond acceptors (Lipinski definition) is 4. The summed E-state index contributed by atoms with van der Waals surface area (Å²) in [4.78, 5) is 37.6. The summed E-state index contributed by atoms with van der Waals surface area (Å²) in [6.07, 6.45) is 3.24. The highest BCUT2D eigenvalue weighted by atomic mass is 16.2. The van der Waals surface area contributed by atoms with Gasteiger partial charge in [-0.25, -0.2) is 0 Å². The Bertz CT molecular complexity index is 672. The molecule has 2 bridgehead atoms. The molecule has 3 aliphatic rings. The highest BCUT2D eigenvalue weighted by Gasteiger charge is 2.60. The molecule has 1 saturated heterocycles. The zero-order chi connectivity index (χ0) is 16.8. The second-order valence-electron chi connectivity index (χ2n) is 7.08. The van der Waals surface area contributed by atoms with Crippen molar-refractivity contribution in [3.8, 4) is 0 Å². The van der Waals surface area contributed by atoms with E-state index in [1.807, 2.05) is 12.1 Å². The van der Waals surface area contributed by atoms with Crippen molar-refractivity contribution in [2.75, 3.05) is 17.3 Å². The fraction of sp³-hybridized carbons (Fsp3) is 0.500. The van der Waals surface area contributed by atoms with E-state index < -0.39 is 0 Å². The molecule has 3 fully saturated rings. The van der Waals surface area contributed by atoms with E-state index in [-0.39, 0.29) is 36.2 Å². The van der Waals surface area contributed by atoms with Crippen LogP contribution in [-0.2, 0) is 14.4 Å². The van der Waals surface area contributed by atoms with Gasteiger partial charge in [-0.05, 0) is 55.4 Å². The maximum atomic E-state index is 12.6. The Labute approximate surface area is 140 Å². The second-order valence-corrected chi connectivity index (χ2v) is 7.08. The first-order chi connectivity index (χ1) is 11.5. The molecule has 2 saturated carbocycles.